The maximum atomic E-state index is 12.4. The zero-order valence-electron chi connectivity index (χ0n) is 12.4. The van der Waals surface area contributed by atoms with E-state index in [1.165, 1.54) is 11.3 Å². The van der Waals surface area contributed by atoms with Gasteiger partial charge in [0.25, 0.3) is 5.91 Å². The normalized spacial score (nSPS) is 10.5. The van der Waals surface area contributed by atoms with Crippen LogP contribution in [0.3, 0.4) is 0 Å². The van der Waals surface area contributed by atoms with Gasteiger partial charge in [0, 0.05) is 16.7 Å². The number of nitrogens with two attached hydrogens (primary N) is 1. The molecule has 2 N–H and O–H groups in total. The summed E-state index contributed by atoms with van der Waals surface area (Å²) in [6.07, 6.45) is 0. The van der Waals surface area contributed by atoms with E-state index < -0.39 is 5.91 Å². The number of benzene rings is 2. The summed E-state index contributed by atoms with van der Waals surface area (Å²) in [5.74, 6) is -0.493. The molecule has 3 aromatic rings. The number of rotatable bonds is 4. The summed E-state index contributed by atoms with van der Waals surface area (Å²) in [5, 5.41) is 0.718. The van der Waals surface area contributed by atoms with Gasteiger partial charge < -0.3 is 5.73 Å². The van der Waals surface area contributed by atoms with Gasteiger partial charge in [0.15, 0.2) is 5.78 Å². The van der Waals surface area contributed by atoms with Gasteiger partial charge in [0.2, 0.25) is 0 Å². The minimum absolute atomic E-state index is 0.0229. The molecule has 2 aromatic carbocycles. The fraction of sp³-hybridized carbons (Fsp3) is 0.0556. The third-order valence-electron chi connectivity index (χ3n) is 3.45. The molecule has 23 heavy (non-hydrogen) atoms. The minimum Gasteiger partial charge on any atom is -0.365 e. The predicted octanol–water partition coefficient (Wildman–Crippen LogP) is 3.45. The Morgan fingerprint density at radius 3 is 2.13 bits per heavy atom. The Morgan fingerprint density at radius 2 is 1.57 bits per heavy atom. The molecule has 114 valence electrons. The van der Waals surface area contributed by atoms with Crippen molar-refractivity contribution in [3.05, 3.63) is 76.3 Å². The maximum absolute atomic E-state index is 12.4. The summed E-state index contributed by atoms with van der Waals surface area (Å²) in [5.41, 5.74) is 8.07. The van der Waals surface area contributed by atoms with Crippen LogP contribution in [0.25, 0.3) is 10.6 Å². The molecule has 0 aliphatic carbocycles. The Morgan fingerprint density at radius 1 is 0.957 bits per heavy atom. The third kappa shape index (κ3) is 3.05. The second kappa shape index (κ2) is 6.14. The number of aromatic nitrogens is 1. The lowest BCUT2D eigenvalue weighted by Gasteiger charge is -2.02. The van der Waals surface area contributed by atoms with Crippen molar-refractivity contribution in [3.8, 4) is 10.6 Å². The van der Waals surface area contributed by atoms with Crippen molar-refractivity contribution in [3.63, 3.8) is 0 Å². The van der Waals surface area contributed by atoms with Crippen molar-refractivity contribution >= 4 is 23.0 Å². The van der Waals surface area contributed by atoms with Gasteiger partial charge in [0.05, 0.1) is 5.69 Å². The number of hydrogen-bond donors (Lipinski definition) is 1. The molecule has 0 aliphatic rings. The van der Waals surface area contributed by atoms with Crippen LogP contribution in [0.1, 0.15) is 31.3 Å². The van der Waals surface area contributed by atoms with Crippen molar-refractivity contribution in [2.75, 3.05) is 0 Å². The lowest BCUT2D eigenvalue weighted by molar-refractivity contribution is 0.100. The average molecular weight is 322 g/mol. The van der Waals surface area contributed by atoms with Gasteiger partial charge in [-0.1, -0.05) is 54.6 Å². The molecule has 0 bridgehead atoms. The molecular formula is C18H14N2O2S. The molecule has 4 nitrogen and oxygen atoms in total. The van der Waals surface area contributed by atoms with E-state index >= 15 is 0 Å². The predicted molar refractivity (Wildman–Crippen MR) is 90.7 cm³/mol. The molecule has 0 unspecified atom stereocenters. The molecule has 1 heterocycles. The number of hydrogen-bond acceptors (Lipinski definition) is 4. The summed E-state index contributed by atoms with van der Waals surface area (Å²) >= 11 is 1.26. The second-order valence-corrected chi connectivity index (χ2v) is 6.07. The zero-order chi connectivity index (χ0) is 16.4. The summed E-state index contributed by atoms with van der Waals surface area (Å²) in [6.45, 7) is 1.76. The fourth-order valence-electron chi connectivity index (χ4n) is 2.27. The van der Waals surface area contributed by atoms with E-state index in [0.29, 0.717) is 21.7 Å². The standard InChI is InChI=1S/C18H14N2O2S/c1-11-16(17(19)22)23-18(20-11)14-9-7-13(8-10-14)15(21)12-5-3-2-4-6-12/h2-10H,1H3,(H2,19,22). The Bertz CT molecular complexity index is 868. The number of nitrogens with zero attached hydrogens (tertiary/aromatic N) is 1. The molecule has 3 rings (SSSR count). The van der Waals surface area contributed by atoms with Crippen molar-refractivity contribution in [1.82, 2.24) is 4.98 Å². The molecule has 5 heteroatoms. The lowest BCUT2D eigenvalue weighted by atomic mass is 10.0. The van der Waals surface area contributed by atoms with Crippen molar-refractivity contribution in [1.29, 1.82) is 0 Å². The smallest absolute Gasteiger partial charge is 0.260 e. The van der Waals surface area contributed by atoms with Gasteiger partial charge in [0.1, 0.15) is 9.88 Å². The Labute approximate surface area is 137 Å². The van der Waals surface area contributed by atoms with E-state index in [1.54, 1.807) is 31.2 Å². The summed E-state index contributed by atoms with van der Waals surface area (Å²) < 4.78 is 0. The largest absolute Gasteiger partial charge is 0.365 e. The molecule has 0 spiro atoms. The van der Waals surface area contributed by atoms with Crippen LogP contribution < -0.4 is 5.73 Å². The average Bonchev–Trinajstić information content (AvgIpc) is 2.97. The highest BCUT2D eigenvalue weighted by atomic mass is 32.1. The highest BCUT2D eigenvalue weighted by Crippen LogP contribution is 2.28. The quantitative estimate of drug-likeness (QED) is 0.748. The molecule has 1 aromatic heterocycles. The molecule has 0 atom stereocenters. The molecule has 0 saturated heterocycles. The number of carbonyl (C=O) groups is 2. The lowest BCUT2D eigenvalue weighted by Crippen LogP contribution is -2.09. The Balaban J connectivity index is 1.89. The van der Waals surface area contributed by atoms with E-state index in [9.17, 15) is 9.59 Å². The van der Waals surface area contributed by atoms with Gasteiger partial charge >= 0.3 is 0 Å². The van der Waals surface area contributed by atoms with Crippen LogP contribution in [0, 0.1) is 6.92 Å². The van der Waals surface area contributed by atoms with Crippen LogP contribution in [0.15, 0.2) is 54.6 Å². The number of thiazole rings is 1. The summed E-state index contributed by atoms with van der Waals surface area (Å²) in [4.78, 5) is 28.5. The number of amides is 1. The van der Waals surface area contributed by atoms with Crippen molar-refractivity contribution < 1.29 is 9.59 Å². The first kappa shape index (κ1) is 15.1. The van der Waals surface area contributed by atoms with Crippen molar-refractivity contribution in [2.45, 2.75) is 6.92 Å². The van der Waals surface area contributed by atoms with Crippen LogP contribution in [-0.2, 0) is 0 Å². The molecule has 1 amide bonds. The number of aryl methyl sites for hydroxylation is 1. The van der Waals surface area contributed by atoms with Crippen molar-refractivity contribution in [2.24, 2.45) is 5.73 Å². The number of carbonyl (C=O) groups excluding carboxylic acids is 2. The van der Waals surface area contributed by atoms with E-state index in [2.05, 4.69) is 4.98 Å². The van der Waals surface area contributed by atoms with Crippen LogP contribution in [0.2, 0.25) is 0 Å². The first-order valence-corrected chi connectivity index (χ1v) is 7.85. The van der Waals surface area contributed by atoms with E-state index in [-0.39, 0.29) is 5.78 Å². The van der Waals surface area contributed by atoms with Crippen LogP contribution in [0.4, 0.5) is 0 Å². The van der Waals surface area contributed by atoms with Gasteiger partial charge in [-0.2, -0.15) is 0 Å². The van der Waals surface area contributed by atoms with E-state index in [0.717, 1.165) is 10.6 Å². The molecule has 0 aliphatic heterocycles. The minimum atomic E-state index is -0.470. The zero-order valence-corrected chi connectivity index (χ0v) is 13.3. The van der Waals surface area contributed by atoms with Crippen LogP contribution in [0.5, 0.6) is 0 Å². The highest BCUT2D eigenvalue weighted by Gasteiger charge is 2.14. The molecule has 0 radical (unpaired) electrons. The number of primary amides is 1. The Hall–Kier alpha value is -2.79. The van der Waals surface area contributed by atoms with E-state index in [1.807, 2.05) is 30.3 Å². The van der Waals surface area contributed by atoms with Gasteiger partial charge in [-0.3, -0.25) is 9.59 Å². The summed E-state index contributed by atoms with van der Waals surface area (Å²) in [7, 11) is 0. The molecule has 0 saturated carbocycles. The summed E-state index contributed by atoms with van der Waals surface area (Å²) in [6, 6.07) is 16.3. The van der Waals surface area contributed by atoms with E-state index in [4.69, 9.17) is 5.73 Å². The number of ketones is 1. The van der Waals surface area contributed by atoms with Gasteiger partial charge in [-0.15, -0.1) is 11.3 Å². The Kier molecular flexibility index (Phi) is 4.04. The molecular weight excluding hydrogens is 308 g/mol. The van der Waals surface area contributed by atoms with Gasteiger partial charge in [-0.25, -0.2) is 4.98 Å². The SMILES string of the molecule is Cc1nc(-c2ccc(C(=O)c3ccccc3)cc2)sc1C(N)=O. The van der Waals surface area contributed by atoms with Crippen LogP contribution >= 0.6 is 11.3 Å². The topological polar surface area (TPSA) is 73.1 Å². The first-order chi connectivity index (χ1) is 11.1. The first-order valence-electron chi connectivity index (χ1n) is 7.03. The maximum Gasteiger partial charge on any atom is 0.260 e. The fourth-order valence-corrected chi connectivity index (χ4v) is 3.19. The molecule has 0 fully saturated rings. The highest BCUT2D eigenvalue weighted by molar-refractivity contribution is 7.17. The van der Waals surface area contributed by atoms with Gasteiger partial charge in [-0.05, 0) is 6.92 Å². The third-order valence-corrected chi connectivity index (χ3v) is 4.67. The second-order valence-electron chi connectivity index (χ2n) is 5.07. The van der Waals surface area contributed by atoms with Crippen LogP contribution in [-0.4, -0.2) is 16.7 Å². The monoisotopic (exact) mass is 322 g/mol.